The van der Waals surface area contributed by atoms with Crippen molar-refractivity contribution in [3.8, 4) is 0 Å². The Labute approximate surface area is 69.6 Å². The second kappa shape index (κ2) is 4.11. The molecule has 2 nitrogen and oxygen atoms in total. The summed E-state index contributed by atoms with van der Waals surface area (Å²) in [6.07, 6.45) is 0.532. The first kappa shape index (κ1) is 5.75. The van der Waals surface area contributed by atoms with Crippen LogP contribution in [-0.2, 0) is 6.42 Å². The Morgan fingerprint density at radius 1 is 1.45 bits per heavy atom. The van der Waals surface area contributed by atoms with Crippen LogP contribution in [0.4, 0.5) is 0 Å². The lowest BCUT2D eigenvalue weighted by atomic mass is 10.1. The number of aliphatic hydroxyl groups excluding tert-OH is 1. The van der Waals surface area contributed by atoms with Gasteiger partial charge < -0.3 is 10.8 Å². The summed E-state index contributed by atoms with van der Waals surface area (Å²) in [4.78, 5) is 0. The Hall–Kier alpha value is -0.860. The van der Waals surface area contributed by atoms with Gasteiger partial charge in [-0.2, -0.15) is 0 Å². The molecule has 0 unspecified atom stereocenters. The predicted molar refractivity (Wildman–Crippen MR) is 45.2 cm³/mol. The number of hydrogen-bond acceptors (Lipinski definition) is 2. The van der Waals surface area contributed by atoms with Crippen LogP contribution in [0.5, 0.6) is 0 Å². The first-order valence-corrected chi connectivity index (χ1v) is 3.66. The maximum Gasteiger partial charge on any atom is 0.119 e. The molecule has 1 rings (SSSR count). The van der Waals surface area contributed by atoms with Gasteiger partial charge in [0.05, 0.1) is 6.61 Å². The van der Waals surface area contributed by atoms with Crippen LogP contribution in [0.2, 0.25) is 2.82 Å². The van der Waals surface area contributed by atoms with Crippen LogP contribution in [0.1, 0.15) is 5.56 Å². The van der Waals surface area contributed by atoms with Crippen LogP contribution in [0.15, 0.2) is 30.3 Å². The molecule has 0 heterocycles. The van der Waals surface area contributed by atoms with Crippen molar-refractivity contribution in [3.05, 3.63) is 35.9 Å². The minimum Gasteiger partial charge on any atom is -0.395 e. The lowest BCUT2D eigenvalue weighted by Crippen LogP contribution is -2.26. The van der Waals surface area contributed by atoms with Crippen LogP contribution < -0.4 is 5.72 Å². The highest BCUT2D eigenvalue weighted by atomic mass is 16.3. The standard InChI is InChI=1S/C9H13NO/c10-9(7-11)6-8-4-2-1-3-5-8/h1-5,9,11H,6-7,10H2/t9-/m1/s1/i/hD2. The topological polar surface area (TPSA) is 46.2 Å². The van der Waals surface area contributed by atoms with Crippen molar-refractivity contribution in [2.45, 2.75) is 12.5 Å². The van der Waals surface area contributed by atoms with E-state index in [0.29, 0.717) is 12.1 Å². The molecule has 0 bridgehead atoms. The van der Waals surface area contributed by atoms with Crippen LogP contribution in [0.3, 0.4) is 0 Å². The molecule has 11 heavy (non-hydrogen) atoms. The van der Waals surface area contributed by atoms with Crippen LogP contribution in [0.25, 0.3) is 0 Å². The molecule has 0 spiro atoms. The van der Waals surface area contributed by atoms with Gasteiger partial charge in [0.15, 0.2) is 0 Å². The maximum absolute atomic E-state index is 8.88. The average Bonchev–Trinajstić information content (AvgIpc) is 2.15. The van der Waals surface area contributed by atoms with Crippen molar-refractivity contribution in [3.63, 3.8) is 0 Å². The third kappa shape index (κ3) is 2.70. The van der Waals surface area contributed by atoms with Gasteiger partial charge in [-0.3, -0.25) is 0 Å². The average molecular weight is 153 g/mol. The van der Waals surface area contributed by atoms with Gasteiger partial charge in [0, 0.05) is 6.04 Å². The summed E-state index contributed by atoms with van der Waals surface area (Å²) in [5.41, 5.74) is 1.58. The summed E-state index contributed by atoms with van der Waals surface area (Å²) in [5.74, 6) is 0. The fraction of sp³-hybridized carbons (Fsp3) is 0.333. The number of rotatable bonds is 4. The Bertz CT molecular complexity index is 241. The van der Waals surface area contributed by atoms with E-state index in [9.17, 15) is 0 Å². The molecule has 0 aliphatic rings. The van der Waals surface area contributed by atoms with Crippen LogP contribution in [-0.4, -0.2) is 17.8 Å². The largest absolute Gasteiger partial charge is 0.395 e. The van der Waals surface area contributed by atoms with E-state index in [1.54, 1.807) is 0 Å². The van der Waals surface area contributed by atoms with Gasteiger partial charge in [-0.05, 0) is 12.0 Å². The van der Waals surface area contributed by atoms with Crippen molar-refractivity contribution in [1.82, 2.24) is 0 Å². The van der Waals surface area contributed by atoms with E-state index in [0.717, 1.165) is 5.56 Å². The second-order valence-electron chi connectivity index (χ2n) is 2.53. The van der Waals surface area contributed by atoms with Gasteiger partial charge in [0.2, 0.25) is 0 Å². The monoisotopic (exact) mass is 153 g/mol. The molecular formula is C9H13NO. The fourth-order valence-corrected chi connectivity index (χ4v) is 0.951. The fourth-order valence-electron chi connectivity index (χ4n) is 0.951. The second-order valence-corrected chi connectivity index (χ2v) is 2.53. The molecule has 60 valence electrons. The lowest BCUT2D eigenvalue weighted by Gasteiger charge is -2.06. The lowest BCUT2D eigenvalue weighted by molar-refractivity contribution is 0.265. The van der Waals surface area contributed by atoms with E-state index < -0.39 is 6.04 Å². The third-order valence-corrected chi connectivity index (χ3v) is 1.52. The molecule has 1 atom stereocenters. The Balaban J connectivity index is 2.57. The van der Waals surface area contributed by atoms with E-state index in [1.807, 2.05) is 30.3 Å². The Kier molecular flexibility index (Phi) is 2.15. The van der Waals surface area contributed by atoms with Gasteiger partial charge in [0.25, 0.3) is 0 Å². The quantitative estimate of drug-likeness (QED) is 0.663. The van der Waals surface area contributed by atoms with E-state index in [1.165, 1.54) is 0 Å². The number of hydrogen-bond donors (Lipinski definition) is 2. The van der Waals surface area contributed by atoms with Gasteiger partial charge in [0.1, 0.15) is 2.82 Å². The zero-order valence-corrected chi connectivity index (χ0v) is 6.27. The SMILES string of the molecule is [2H]N([2H])[C@@H](CO)Cc1ccccc1. The molecule has 3 N–H and O–H groups in total. The molecule has 0 fully saturated rings. The molecule has 1 aromatic carbocycles. The minimum atomic E-state index is -0.442. The smallest absolute Gasteiger partial charge is 0.119 e. The van der Waals surface area contributed by atoms with Gasteiger partial charge in [-0.1, -0.05) is 30.3 Å². The summed E-state index contributed by atoms with van der Waals surface area (Å²) in [7, 11) is 0. The highest BCUT2D eigenvalue weighted by Crippen LogP contribution is 2.00. The normalized spacial score (nSPS) is 15.8. The van der Waals surface area contributed by atoms with Crippen molar-refractivity contribution in [2.75, 3.05) is 6.61 Å². The third-order valence-electron chi connectivity index (χ3n) is 1.52. The van der Waals surface area contributed by atoms with Crippen LogP contribution >= 0.6 is 0 Å². The summed E-state index contributed by atoms with van der Waals surface area (Å²) >= 11 is 0. The predicted octanol–water partition coefficient (Wildman–Crippen LogP) is 0.549. The molecule has 1 aromatic rings. The van der Waals surface area contributed by atoms with Crippen molar-refractivity contribution >= 4 is 0 Å². The minimum absolute atomic E-state index is 0.165. The van der Waals surface area contributed by atoms with E-state index in [4.69, 9.17) is 7.93 Å². The molecule has 2 heteroatoms. The zero-order chi connectivity index (χ0) is 9.68. The highest BCUT2D eigenvalue weighted by Gasteiger charge is 1.99. The molecule has 0 radical (unpaired) electrons. The van der Waals surface area contributed by atoms with E-state index in [2.05, 4.69) is 0 Å². The Morgan fingerprint density at radius 2 is 2.18 bits per heavy atom. The maximum atomic E-state index is 8.88. The Morgan fingerprint density at radius 3 is 2.73 bits per heavy atom. The van der Waals surface area contributed by atoms with Crippen LogP contribution in [0, 0.1) is 0 Å². The van der Waals surface area contributed by atoms with E-state index >= 15 is 0 Å². The summed E-state index contributed by atoms with van der Waals surface area (Å²) < 4.78 is 14.0. The molecule has 0 amide bonds. The summed E-state index contributed by atoms with van der Waals surface area (Å²) in [6.45, 7) is -0.165. The summed E-state index contributed by atoms with van der Waals surface area (Å²) in [5, 5.41) is 8.88. The molecule has 0 aromatic heterocycles. The van der Waals surface area contributed by atoms with Crippen molar-refractivity contribution in [2.24, 2.45) is 5.72 Å². The number of benzene rings is 1. The number of aliphatic hydroxyl groups is 1. The van der Waals surface area contributed by atoms with Gasteiger partial charge in [-0.25, -0.2) is 0 Å². The van der Waals surface area contributed by atoms with Gasteiger partial charge >= 0.3 is 0 Å². The highest BCUT2D eigenvalue weighted by molar-refractivity contribution is 5.15. The zero-order valence-electron chi connectivity index (χ0n) is 8.27. The van der Waals surface area contributed by atoms with E-state index in [-0.39, 0.29) is 6.61 Å². The molecule has 0 saturated heterocycles. The van der Waals surface area contributed by atoms with Gasteiger partial charge in [-0.15, -0.1) is 0 Å². The summed E-state index contributed by atoms with van der Waals surface area (Å²) in [6, 6.07) is 9.13. The van der Waals surface area contributed by atoms with Crippen molar-refractivity contribution < 1.29 is 7.93 Å². The first-order chi connectivity index (χ1) is 6.24. The first-order valence-electron chi connectivity index (χ1n) is 4.55. The molecular weight excluding hydrogens is 138 g/mol. The molecule has 0 aliphatic carbocycles. The number of nitrogens with two attached hydrogens (primary N) is 1. The molecule has 0 aliphatic heterocycles. The van der Waals surface area contributed by atoms with Crippen molar-refractivity contribution in [1.29, 1.82) is 0 Å². The molecule has 0 saturated carbocycles.